The Balaban J connectivity index is 2.21. The lowest BCUT2D eigenvalue weighted by Crippen LogP contribution is -2.19. The van der Waals surface area contributed by atoms with E-state index in [1.54, 1.807) is 11.1 Å². The molecule has 0 saturated heterocycles. The molecule has 82 valence electrons. The van der Waals surface area contributed by atoms with Gasteiger partial charge in [0, 0.05) is 0 Å². The fourth-order valence-electron chi connectivity index (χ4n) is 2.63. The molecule has 15 heavy (non-hydrogen) atoms. The van der Waals surface area contributed by atoms with Crippen LogP contribution in [-0.2, 0) is 19.3 Å². The van der Waals surface area contributed by atoms with Crippen molar-refractivity contribution >= 4 is 0 Å². The molecule has 1 atom stereocenters. The zero-order valence-electron chi connectivity index (χ0n) is 10.2. The first kappa shape index (κ1) is 10.7. The van der Waals surface area contributed by atoms with Gasteiger partial charge in [-0.15, -0.1) is 0 Å². The second kappa shape index (κ2) is 4.38. The molecule has 1 aromatic carbocycles. The Bertz CT molecular complexity index is 336. The number of aryl methyl sites for hydroxylation is 2. The summed E-state index contributed by atoms with van der Waals surface area (Å²) in [7, 11) is 0. The molecule has 0 bridgehead atoms. The maximum absolute atomic E-state index is 2.42. The highest BCUT2D eigenvalue weighted by atomic mass is 14.3. The second-order valence-corrected chi connectivity index (χ2v) is 5.20. The van der Waals surface area contributed by atoms with E-state index in [1.165, 1.54) is 31.2 Å². The lowest BCUT2D eigenvalue weighted by molar-refractivity contribution is 0.343. The molecule has 0 amide bonds. The smallest absolute Gasteiger partial charge is 0.0245 e. The predicted octanol–water partition coefficient (Wildman–Crippen LogP) is 4.01. The molecule has 0 fully saturated rings. The summed E-state index contributed by atoms with van der Waals surface area (Å²) in [4.78, 5) is 0. The van der Waals surface area contributed by atoms with E-state index >= 15 is 0 Å². The van der Waals surface area contributed by atoms with E-state index in [-0.39, 0.29) is 0 Å². The summed E-state index contributed by atoms with van der Waals surface area (Å²) in [6.45, 7) is 6.95. The van der Waals surface area contributed by atoms with Crippen LogP contribution in [0.1, 0.15) is 43.9 Å². The van der Waals surface area contributed by atoms with Gasteiger partial charge < -0.3 is 0 Å². The third kappa shape index (κ3) is 2.25. The topological polar surface area (TPSA) is 0 Å². The molecule has 0 heteroatoms. The van der Waals surface area contributed by atoms with Crippen LogP contribution in [0.3, 0.4) is 0 Å². The molecule has 1 aliphatic rings. The average Bonchev–Trinajstić information content (AvgIpc) is 2.27. The van der Waals surface area contributed by atoms with Crippen LogP contribution in [-0.4, -0.2) is 0 Å². The largest absolute Gasteiger partial charge is 0.0625 e. The predicted molar refractivity (Wildman–Crippen MR) is 66.2 cm³/mol. The van der Waals surface area contributed by atoms with Gasteiger partial charge in [-0.3, -0.25) is 0 Å². The molecule has 1 aromatic rings. The van der Waals surface area contributed by atoms with Gasteiger partial charge in [0.05, 0.1) is 0 Å². The maximum Gasteiger partial charge on any atom is -0.0245 e. The van der Waals surface area contributed by atoms with Crippen LogP contribution in [0.4, 0.5) is 0 Å². The quantitative estimate of drug-likeness (QED) is 0.679. The number of fused-ring (bicyclic) bond motifs is 1. The molecular weight excluding hydrogens is 180 g/mol. The monoisotopic (exact) mass is 202 g/mol. The molecule has 1 unspecified atom stereocenters. The lowest BCUT2D eigenvalue weighted by Gasteiger charge is -2.27. The molecule has 0 spiro atoms. The fourth-order valence-corrected chi connectivity index (χ4v) is 2.63. The van der Waals surface area contributed by atoms with Crippen molar-refractivity contribution in [3.05, 3.63) is 34.9 Å². The van der Waals surface area contributed by atoms with Crippen molar-refractivity contribution in [2.24, 2.45) is 11.8 Å². The Labute approximate surface area is 93.7 Å². The van der Waals surface area contributed by atoms with Crippen LogP contribution in [0.5, 0.6) is 0 Å². The first-order valence-corrected chi connectivity index (χ1v) is 6.31. The summed E-state index contributed by atoms with van der Waals surface area (Å²) in [6.07, 6.45) is 5.15. The van der Waals surface area contributed by atoms with Crippen molar-refractivity contribution < 1.29 is 0 Å². The van der Waals surface area contributed by atoms with Crippen molar-refractivity contribution in [1.29, 1.82) is 0 Å². The Hall–Kier alpha value is -0.780. The van der Waals surface area contributed by atoms with Gasteiger partial charge in [-0.2, -0.15) is 0 Å². The number of hydrogen-bond acceptors (Lipinski definition) is 0. The van der Waals surface area contributed by atoms with Gasteiger partial charge in [0.25, 0.3) is 0 Å². The number of rotatable bonds is 2. The molecule has 0 saturated carbocycles. The Morgan fingerprint density at radius 2 is 2.07 bits per heavy atom. The van der Waals surface area contributed by atoms with Crippen molar-refractivity contribution in [3.8, 4) is 0 Å². The summed E-state index contributed by atoms with van der Waals surface area (Å²) in [5.74, 6) is 1.74. The first-order valence-electron chi connectivity index (χ1n) is 6.31. The normalized spacial score (nSPS) is 20.4. The maximum atomic E-state index is 2.42. The van der Waals surface area contributed by atoms with Gasteiger partial charge in [0.15, 0.2) is 0 Å². The molecule has 2 rings (SSSR count). The SMILES string of the molecule is CCc1ccc2c(c1)CCC(C(C)C)C2. The zero-order chi connectivity index (χ0) is 10.8. The van der Waals surface area contributed by atoms with Crippen LogP contribution < -0.4 is 0 Å². The van der Waals surface area contributed by atoms with E-state index in [4.69, 9.17) is 0 Å². The van der Waals surface area contributed by atoms with Crippen LogP contribution in [0.15, 0.2) is 18.2 Å². The van der Waals surface area contributed by atoms with Crippen LogP contribution >= 0.6 is 0 Å². The lowest BCUT2D eigenvalue weighted by atomic mass is 9.78. The van der Waals surface area contributed by atoms with Crippen LogP contribution in [0.2, 0.25) is 0 Å². The molecule has 0 radical (unpaired) electrons. The molecule has 0 N–H and O–H groups in total. The van der Waals surface area contributed by atoms with Crippen LogP contribution in [0, 0.1) is 11.8 Å². The Morgan fingerprint density at radius 1 is 1.27 bits per heavy atom. The summed E-state index contributed by atoms with van der Waals surface area (Å²) in [5.41, 5.74) is 4.72. The molecule has 1 aliphatic carbocycles. The van der Waals surface area contributed by atoms with E-state index < -0.39 is 0 Å². The van der Waals surface area contributed by atoms with Gasteiger partial charge in [-0.1, -0.05) is 39.0 Å². The molecule has 0 aliphatic heterocycles. The summed E-state index contributed by atoms with van der Waals surface area (Å²) in [5, 5.41) is 0. The molecule has 0 heterocycles. The number of hydrogen-bond donors (Lipinski definition) is 0. The summed E-state index contributed by atoms with van der Waals surface area (Å²) < 4.78 is 0. The number of benzene rings is 1. The van der Waals surface area contributed by atoms with Crippen molar-refractivity contribution in [1.82, 2.24) is 0 Å². The van der Waals surface area contributed by atoms with Gasteiger partial charge in [0.1, 0.15) is 0 Å². The van der Waals surface area contributed by atoms with Gasteiger partial charge in [-0.25, -0.2) is 0 Å². The molecule has 0 nitrogen and oxygen atoms in total. The second-order valence-electron chi connectivity index (χ2n) is 5.20. The van der Waals surface area contributed by atoms with Crippen molar-refractivity contribution in [2.75, 3.05) is 0 Å². The minimum atomic E-state index is 0.837. The third-order valence-corrected chi connectivity index (χ3v) is 3.89. The average molecular weight is 202 g/mol. The molecule has 0 aromatic heterocycles. The third-order valence-electron chi connectivity index (χ3n) is 3.89. The highest BCUT2D eigenvalue weighted by Gasteiger charge is 2.20. The van der Waals surface area contributed by atoms with E-state index in [2.05, 4.69) is 39.0 Å². The molecular formula is C15H22. The van der Waals surface area contributed by atoms with E-state index in [1.807, 2.05) is 0 Å². The van der Waals surface area contributed by atoms with Crippen LogP contribution in [0.25, 0.3) is 0 Å². The fraction of sp³-hybridized carbons (Fsp3) is 0.600. The summed E-state index contributed by atoms with van der Waals surface area (Å²) >= 11 is 0. The van der Waals surface area contributed by atoms with Gasteiger partial charge in [-0.05, 0) is 54.2 Å². The van der Waals surface area contributed by atoms with E-state index in [0.717, 1.165) is 11.8 Å². The Morgan fingerprint density at radius 3 is 2.73 bits per heavy atom. The first-order chi connectivity index (χ1) is 7.20. The van der Waals surface area contributed by atoms with Gasteiger partial charge in [0.2, 0.25) is 0 Å². The standard InChI is InChI=1S/C15H22/c1-4-12-5-6-15-10-13(11(2)3)7-8-14(15)9-12/h5-6,9,11,13H,4,7-8,10H2,1-3H3. The van der Waals surface area contributed by atoms with E-state index in [9.17, 15) is 0 Å². The Kier molecular flexibility index (Phi) is 3.14. The summed E-state index contributed by atoms with van der Waals surface area (Å²) in [6, 6.07) is 7.09. The van der Waals surface area contributed by atoms with E-state index in [0.29, 0.717) is 0 Å². The highest BCUT2D eigenvalue weighted by Crippen LogP contribution is 2.30. The van der Waals surface area contributed by atoms with Gasteiger partial charge >= 0.3 is 0 Å². The zero-order valence-corrected chi connectivity index (χ0v) is 10.2. The van der Waals surface area contributed by atoms with Crippen molar-refractivity contribution in [3.63, 3.8) is 0 Å². The highest BCUT2D eigenvalue weighted by molar-refractivity contribution is 5.34. The minimum Gasteiger partial charge on any atom is -0.0625 e. The van der Waals surface area contributed by atoms with Crippen molar-refractivity contribution in [2.45, 2.75) is 46.5 Å². The minimum absolute atomic E-state index is 0.837.